The molecule has 2 rings (SSSR count). The summed E-state index contributed by atoms with van der Waals surface area (Å²) in [4.78, 5) is 13.8. The van der Waals surface area contributed by atoms with Crippen LogP contribution in [0.15, 0.2) is 24.3 Å². The second-order valence-electron chi connectivity index (χ2n) is 3.39. The van der Waals surface area contributed by atoms with Crippen LogP contribution in [0.25, 0.3) is 0 Å². The molecule has 0 N–H and O–H groups in total. The Morgan fingerprint density at radius 2 is 2.20 bits per heavy atom. The molecule has 1 amide bonds. The van der Waals surface area contributed by atoms with E-state index in [0.29, 0.717) is 4.32 Å². The summed E-state index contributed by atoms with van der Waals surface area (Å²) in [5.41, 5.74) is 1.75. The lowest BCUT2D eigenvalue weighted by Gasteiger charge is -2.15. The predicted octanol–water partition coefficient (Wildman–Crippen LogP) is 2.47. The van der Waals surface area contributed by atoms with Gasteiger partial charge in [0.2, 0.25) is 0 Å². The van der Waals surface area contributed by atoms with Gasteiger partial charge in [-0.15, -0.1) is 0 Å². The van der Waals surface area contributed by atoms with Crippen LogP contribution in [0.3, 0.4) is 0 Å². The van der Waals surface area contributed by atoms with Crippen LogP contribution in [0.2, 0.25) is 0 Å². The summed E-state index contributed by atoms with van der Waals surface area (Å²) in [7, 11) is 0. The number of thiocarbonyl (C=S) groups is 1. The average Bonchev–Trinajstić information content (AvgIpc) is 2.64. The summed E-state index contributed by atoms with van der Waals surface area (Å²) in [6.45, 7) is 2.68. The Labute approximate surface area is 98.7 Å². The lowest BCUT2D eigenvalue weighted by Crippen LogP contribution is -2.31. The van der Waals surface area contributed by atoms with Gasteiger partial charge in [-0.1, -0.05) is 42.2 Å². The van der Waals surface area contributed by atoms with Crippen molar-refractivity contribution in [3.05, 3.63) is 35.4 Å². The van der Waals surface area contributed by atoms with Gasteiger partial charge in [0.15, 0.2) is 0 Å². The Kier molecular flexibility index (Phi) is 3.07. The van der Waals surface area contributed by atoms with Gasteiger partial charge >= 0.3 is 0 Å². The lowest BCUT2D eigenvalue weighted by molar-refractivity contribution is 0.0861. The highest BCUT2D eigenvalue weighted by molar-refractivity contribution is 8.23. The molecule has 0 spiro atoms. The highest BCUT2D eigenvalue weighted by Crippen LogP contribution is 2.21. The lowest BCUT2D eigenvalue weighted by atomic mass is 10.1. The first-order chi connectivity index (χ1) is 7.20. The normalized spacial score (nSPS) is 15.8. The molecule has 4 heteroatoms. The van der Waals surface area contributed by atoms with E-state index in [-0.39, 0.29) is 5.91 Å². The zero-order chi connectivity index (χ0) is 10.8. The minimum Gasteiger partial charge on any atom is -0.293 e. The van der Waals surface area contributed by atoms with Crippen LogP contribution in [0.5, 0.6) is 0 Å². The first kappa shape index (κ1) is 10.6. The van der Waals surface area contributed by atoms with E-state index in [0.717, 1.165) is 23.4 Å². The number of hydrogen-bond donors (Lipinski definition) is 0. The largest absolute Gasteiger partial charge is 0.293 e. The SMILES string of the molecule is Cc1ccccc1C(=O)N1CCSC1=S. The maximum Gasteiger partial charge on any atom is 0.259 e. The molecule has 1 saturated heterocycles. The van der Waals surface area contributed by atoms with Crippen molar-refractivity contribution in [1.82, 2.24) is 4.90 Å². The molecule has 1 aromatic rings. The summed E-state index contributed by atoms with van der Waals surface area (Å²) >= 11 is 6.70. The van der Waals surface area contributed by atoms with E-state index >= 15 is 0 Å². The minimum atomic E-state index is 0.0306. The van der Waals surface area contributed by atoms with Crippen LogP contribution < -0.4 is 0 Å². The van der Waals surface area contributed by atoms with Gasteiger partial charge in [-0.3, -0.25) is 9.69 Å². The van der Waals surface area contributed by atoms with Crippen LogP contribution in [-0.2, 0) is 0 Å². The Balaban J connectivity index is 2.28. The van der Waals surface area contributed by atoms with E-state index in [1.54, 1.807) is 16.7 Å². The third-order valence-electron chi connectivity index (χ3n) is 2.38. The van der Waals surface area contributed by atoms with Gasteiger partial charge in [-0.25, -0.2) is 0 Å². The third kappa shape index (κ3) is 2.06. The Hall–Kier alpha value is -0.870. The molecule has 0 atom stereocenters. The molecule has 0 aromatic heterocycles. The highest BCUT2D eigenvalue weighted by atomic mass is 32.2. The molecule has 0 radical (unpaired) electrons. The van der Waals surface area contributed by atoms with E-state index in [1.165, 1.54) is 0 Å². The van der Waals surface area contributed by atoms with E-state index < -0.39 is 0 Å². The molecular formula is C11H11NOS2. The smallest absolute Gasteiger partial charge is 0.259 e. The topological polar surface area (TPSA) is 20.3 Å². The molecule has 1 aliphatic rings. The molecule has 78 valence electrons. The average molecular weight is 237 g/mol. The molecule has 0 saturated carbocycles. The van der Waals surface area contributed by atoms with Crippen molar-refractivity contribution in [2.75, 3.05) is 12.3 Å². The Morgan fingerprint density at radius 3 is 2.80 bits per heavy atom. The monoisotopic (exact) mass is 237 g/mol. The van der Waals surface area contributed by atoms with Gasteiger partial charge in [0.25, 0.3) is 5.91 Å². The number of nitrogens with zero attached hydrogens (tertiary/aromatic N) is 1. The number of amides is 1. The second kappa shape index (κ2) is 4.33. The molecule has 0 bridgehead atoms. The van der Waals surface area contributed by atoms with Crippen molar-refractivity contribution < 1.29 is 4.79 Å². The summed E-state index contributed by atoms with van der Waals surface area (Å²) in [5, 5.41) is 0. The van der Waals surface area contributed by atoms with E-state index in [1.807, 2.05) is 31.2 Å². The van der Waals surface area contributed by atoms with Crippen molar-refractivity contribution in [2.45, 2.75) is 6.92 Å². The minimum absolute atomic E-state index is 0.0306. The summed E-state index contributed by atoms with van der Waals surface area (Å²) in [5.74, 6) is 0.944. The fourth-order valence-corrected chi connectivity index (χ4v) is 2.74. The number of aryl methyl sites for hydroxylation is 1. The van der Waals surface area contributed by atoms with Crippen LogP contribution in [0, 0.1) is 6.92 Å². The predicted molar refractivity (Wildman–Crippen MR) is 67.3 cm³/mol. The fourth-order valence-electron chi connectivity index (χ4n) is 1.54. The maximum absolute atomic E-state index is 12.1. The Morgan fingerprint density at radius 1 is 1.47 bits per heavy atom. The van der Waals surface area contributed by atoms with Gasteiger partial charge in [-0.2, -0.15) is 0 Å². The van der Waals surface area contributed by atoms with Crippen molar-refractivity contribution >= 4 is 34.2 Å². The number of thioether (sulfide) groups is 1. The van der Waals surface area contributed by atoms with Crippen LogP contribution >= 0.6 is 24.0 Å². The van der Waals surface area contributed by atoms with E-state index in [2.05, 4.69) is 0 Å². The van der Waals surface area contributed by atoms with Crippen molar-refractivity contribution in [3.8, 4) is 0 Å². The van der Waals surface area contributed by atoms with Crippen molar-refractivity contribution in [1.29, 1.82) is 0 Å². The van der Waals surface area contributed by atoms with E-state index in [4.69, 9.17) is 12.2 Å². The number of carbonyl (C=O) groups excluding carboxylic acids is 1. The quantitative estimate of drug-likeness (QED) is 0.700. The van der Waals surface area contributed by atoms with Crippen LogP contribution in [-0.4, -0.2) is 27.4 Å². The molecule has 1 aromatic carbocycles. The first-order valence-electron chi connectivity index (χ1n) is 4.74. The van der Waals surface area contributed by atoms with Crippen LogP contribution in [0.4, 0.5) is 0 Å². The number of rotatable bonds is 1. The molecule has 15 heavy (non-hydrogen) atoms. The van der Waals surface area contributed by atoms with Gasteiger partial charge in [0.05, 0.1) is 0 Å². The summed E-state index contributed by atoms with van der Waals surface area (Å²) in [6, 6.07) is 7.61. The number of hydrogen-bond acceptors (Lipinski definition) is 3. The molecule has 0 unspecified atom stereocenters. The summed E-state index contributed by atoms with van der Waals surface area (Å²) < 4.78 is 0.697. The Bertz CT molecular complexity index is 417. The van der Waals surface area contributed by atoms with E-state index in [9.17, 15) is 4.79 Å². The first-order valence-corrected chi connectivity index (χ1v) is 6.14. The molecule has 1 aliphatic heterocycles. The molecule has 0 aliphatic carbocycles. The van der Waals surface area contributed by atoms with Gasteiger partial charge in [0.1, 0.15) is 4.32 Å². The highest BCUT2D eigenvalue weighted by Gasteiger charge is 2.25. The zero-order valence-corrected chi connectivity index (χ0v) is 10.0. The molecule has 2 nitrogen and oxygen atoms in total. The van der Waals surface area contributed by atoms with Crippen molar-refractivity contribution in [2.24, 2.45) is 0 Å². The molecule has 1 heterocycles. The number of benzene rings is 1. The maximum atomic E-state index is 12.1. The van der Waals surface area contributed by atoms with Gasteiger partial charge in [0, 0.05) is 17.9 Å². The second-order valence-corrected chi connectivity index (χ2v) is 5.11. The fraction of sp³-hybridized carbons (Fsp3) is 0.273. The van der Waals surface area contributed by atoms with Gasteiger partial charge in [-0.05, 0) is 18.6 Å². The standard InChI is InChI=1S/C11H11NOS2/c1-8-4-2-3-5-9(8)10(13)12-6-7-15-11(12)14/h2-5H,6-7H2,1H3. The molecule has 1 fully saturated rings. The van der Waals surface area contributed by atoms with Gasteiger partial charge < -0.3 is 0 Å². The zero-order valence-electron chi connectivity index (χ0n) is 8.40. The third-order valence-corrected chi connectivity index (χ3v) is 3.81. The summed E-state index contributed by atoms with van der Waals surface area (Å²) in [6.07, 6.45) is 0. The number of carbonyl (C=O) groups is 1. The van der Waals surface area contributed by atoms with Crippen LogP contribution in [0.1, 0.15) is 15.9 Å². The molecular weight excluding hydrogens is 226 g/mol. The van der Waals surface area contributed by atoms with Crippen molar-refractivity contribution in [3.63, 3.8) is 0 Å².